The number of Topliss-reactive ketones (excluding diaryl/α,β-unsaturated/α-hetero) is 1. The van der Waals surface area contributed by atoms with Gasteiger partial charge in [0.05, 0.1) is 11.3 Å². The van der Waals surface area contributed by atoms with E-state index >= 15 is 0 Å². The van der Waals surface area contributed by atoms with Gasteiger partial charge in [-0.25, -0.2) is 0 Å². The van der Waals surface area contributed by atoms with Gasteiger partial charge in [-0.15, -0.1) is 0 Å². The lowest BCUT2D eigenvalue weighted by Crippen LogP contribution is -2.25. The van der Waals surface area contributed by atoms with Crippen molar-refractivity contribution in [3.63, 3.8) is 0 Å². The van der Waals surface area contributed by atoms with E-state index in [0.29, 0.717) is 33.3 Å². The van der Waals surface area contributed by atoms with Crippen LogP contribution in [-0.4, -0.2) is 24.9 Å². The number of fused-ring (bicyclic) bond motifs is 2. The van der Waals surface area contributed by atoms with Crippen molar-refractivity contribution in [1.82, 2.24) is 0 Å². The molecule has 0 bridgehead atoms. The zero-order chi connectivity index (χ0) is 16.7. The Labute approximate surface area is 142 Å². The second-order valence-corrected chi connectivity index (χ2v) is 5.96. The van der Waals surface area contributed by atoms with Gasteiger partial charge in [-0.1, -0.05) is 17.7 Å². The van der Waals surface area contributed by atoms with Gasteiger partial charge in [0.25, 0.3) is 5.91 Å². The minimum atomic E-state index is -0.201. The second-order valence-electron chi connectivity index (χ2n) is 5.52. The monoisotopic (exact) mass is 341 g/mol. The molecule has 0 spiro atoms. The Kier molecular flexibility index (Phi) is 3.50. The van der Waals surface area contributed by atoms with Crippen LogP contribution in [0.5, 0.6) is 11.5 Å². The average molecular weight is 342 g/mol. The number of amides is 1. The average Bonchev–Trinajstić information content (AvgIpc) is 2.57. The number of nitrogens with one attached hydrogen (secondary N) is 1. The number of halogens is 1. The summed E-state index contributed by atoms with van der Waals surface area (Å²) in [6.45, 7) is 0.199. The number of carbonyl (C=O) groups is 2. The number of rotatable bonds is 1. The Morgan fingerprint density at radius 1 is 1.00 bits per heavy atom. The molecule has 2 aromatic rings. The molecule has 0 aliphatic carbocycles. The van der Waals surface area contributed by atoms with Gasteiger partial charge in [0.1, 0.15) is 18.1 Å². The van der Waals surface area contributed by atoms with Crippen molar-refractivity contribution < 1.29 is 19.1 Å². The maximum Gasteiger partial charge on any atom is 0.262 e. The van der Waals surface area contributed by atoms with E-state index in [-0.39, 0.29) is 24.9 Å². The van der Waals surface area contributed by atoms with Crippen molar-refractivity contribution in [2.75, 3.05) is 18.5 Å². The van der Waals surface area contributed by atoms with Crippen LogP contribution in [0.15, 0.2) is 42.0 Å². The van der Waals surface area contributed by atoms with Crippen LogP contribution in [0, 0.1) is 0 Å². The quantitative estimate of drug-likeness (QED) is 0.808. The minimum Gasteiger partial charge on any atom is -0.488 e. The molecule has 0 radical (unpaired) electrons. The van der Waals surface area contributed by atoms with E-state index in [2.05, 4.69) is 5.32 Å². The molecule has 0 fully saturated rings. The SMILES string of the molecule is O=C1COc2ccc(C=C3COc4ccc(Cl)cc4C3=O)cc2N1. The summed E-state index contributed by atoms with van der Waals surface area (Å²) in [5, 5.41) is 3.23. The third-order valence-electron chi connectivity index (χ3n) is 3.84. The number of hydrogen-bond acceptors (Lipinski definition) is 4. The molecule has 2 aromatic carbocycles. The van der Waals surface area contributed by atoms with Gasteiger partial charge in [0.2, 0.25) is 0 Å². The fraction of sp³-hybridized carbons (Fsp3) is 0.111. The summed E-state index contributed by atoms with van der Waals surface area (Å²) in [5.41, 5.74) is 2.34. The molecule has 24 heavy (non-hydrogen) atoms. The number of carbonyl (C=O) groups excluding carboxylic acids is 2. The molecular weight excluding hydrogens is 330 g/mol. The Bertz CT molecular complexity index is 904. The second kappa shape index (κ2) is 5.69. The highest BCUT2D eigenvalue weighted by molar-refractivity contribution is 6.31. The molecule has 0 saturated heterocycles. The van der Waals surface area contributed by atoms with Crippen molar-refractivity contribution in [3.05, 3.63) is 58.1 Å². The summed E-state index contributed by atoms with van der Waals surface area (Å²) in [6.07, 6.45) is 1.74. The molecule has 120 valence electrons. The molecule has 0 aromatic heterocycles. The zero-order valence-corrected chi connectivity index (χ0v) is 13.2. The maximum atomic E-state index is 12.6. The number of benzene rings is 2. The van der Waals surface area contributed by atoms with Gasteiger partial charge in [0.15, 0.2) is 12.4 Å². The van der Waals surface area contributed by atoms with Crippen LogP contribution < -0.4 is 14.8 Å². The normalized spacial score (nSPS) is 17.5. The van der Waals surface area contributed by atoms with Crippen LogP contribution in [0.25, 0.3) is 6.08 Å². The molecule has 2 heterocycles. The first-order valence-electron chi connectivity index (χ1n) is 7.34. The predicted molar refractivity (Wildman–Crippen MR) is 89.8 cm³/mol. The van der Waals surface area contributed by atoms with E-state index in [1.165, 1.54) is 0 Å². The molecule has 0 atom stereocenters. The van der Waals surface area contributed by atoms with Crippen molar-refractivity contribution in [1.29, 1.82) is 0 Å². The molecule has 2 aliphatic rings. The Hall–Kier alpha value is -2.79. The lowest BCUT2D eigenvalue weighted by atomic mass is 9.98. The van der Waals surface area contributed by atoms with E-state index in [0.717, 1.165) is 5.56 Å². The summed E-state index contributed by atoms with van der Waals surface area (Å²) in [5.74, 6) is 0.831. The molecule has 1 amide bonds. The molecule has 0 saturated carbocycles. The molecule has 4 rings (SSSR count). The van der Waals surface area contributed by atoms with Crippen LogP contribution in [-0.2, 0) is 4.79 Å². The third-order valence-corrected chi connectivity index (χ3v) is 4.07. The van der Waals surface area contributed by atoms with E-state index < -0.39 is 0 Å². The van der Waals surface area contributed by atoms with Crippen LogP contribution in [0.4, 0.5) is 5.69 Å². The lowest BCUT2D eigenvalue weighted by molar-refractivity contribution is -0.118. The molecule has 5 nitrogen and oxygen atoms in total. The standard InChI is InChI=1S/C18H12ClNO4/c19-12-2-4-15-13(7-12)18(22)11(8-23-15)5-10-1-3-16-14(6-10)20-17(21)9-24-16/h1-7H,8-9H2,(H,20,21). The van der Waals surface area contributed by atoms with Gasteiger partial charge in [-0.2, -0.15) is 0 Å². The molecule has 2 aliphatic heterocycles. The fourth-order valence-electron chi connectivity index (χ4n) is 2.70. The third kappa shape index (κ3) is 2.63. The highest BCUT2D eigenvalue weighted by Crippen LogP contribution is 2.32. The number of hydrogen-bond donors (Lipinski definition) is 1. The maximum absolute atomic E-state index is 12.6. The van der Waals surface area contributed by atoms with E-state index in [1.807, 2.05) is 6.07 Å². The van der Waals surface area contributed by atoms with Gasteiger partial charge in [0, 0.05) is 10.6 Å². The summed E-state index contributed by atoms with van der Waals surface area (Å²) in [4.78, 5) is 24.0. The smallest absolute Gasteiger partial charge is 0.262 e. The Morgan fingerprint density at radius 3 is 2.67 bits per heavy atom. The van der Waals surface area contributed by atoms with Crippen LogP contribution in [0.1, 0.15) is 15.9 Å². The van der Waals surface area contributed by atoms with Gasteiger partial charge in [-0.3, -0.25) is 9.59 Å². The first-order chi connectivity index (χ1) is 11.6. The van der Waals surface area contributed by atoms with Crippen LogP contribution >= 0.6 is 11.6 Å². The molecule has 0 unspecified atom stereocenters. The predicted octanol–water partition coefficient (Wildman–Crippen LogP) is 3.33. The highest BCUT2D eigenvalue weighted by Gasteiger charge is 2.24. The summed E-state index contributed by atoms with van der Waals surface area (Å²) >= 11 is 5.96. The van der Waals surface area contributed by atoms with E-state index in [4.69, 9.17) is 21.1 Å². The van der Waals surface area contributed by atoms with Crippen molar-refractivity contribution >= 4 is 35.1 Å². The van der Waals surface area contributed by atoms with E-state index in [1.54, 1.807) is 36.4 Å². The Balaban J connectivity index is 1.68. The van der Waals surface area contributed by atoms with Gasteiger partial charge >= 0.3 is 0 Å². The number of anilines is 1. The number of ketones is 1. The fourth-order valence-corrected chi connectivity index (χ4v) is 2.87. The summed E-state index contributed by atoms with van der Waals surface area (Å²) in [7, 11) is 0. The molecule has 1 N–H and O–H groups in total. The topological polar surface area (TPSA) is 64.6 Å². The lowest BCUT2D eigenvalue weighted by Gasteiger charge is -2.20. The van der Waals surface area contributed by atoms with E-state index in [9.17, 15) is 9.59 Å². The summed E-state index contributed by atoms with van der Waals surface area (Å²) < 4.78 is 10.9. The van der Waals surface area contributed by atoms with Gasteiger partial charge < -0.3 is 14.8 Å². The van der Waals surface area contributed by atoms with Crippen molar-refractivity contribution in [2.24, 2.45) is 0 Å². The minimum absolute atomic E-state index is 0.0112. The van der Waals surface area contributed by atoms with Crippen molar-refractivity contribution in [3.8, 4) is 11.5 Å². The Morgan fingerprint density at radius 2 is 1.79 bits per heavy atom. The summed E-state index contributed by atoms with van der Waals surface area (Å²) in [6, 6.07) is 10.3. The van der Waals surface area contributed by atoms with Gasteiger partial charge in [-0.05, 0) is 42.0 Å². The molecular formula is C18H12ClNO4. The zero-order valence-electron chi connectivity index (χ0n) is 12.5. The van der Waals surface area contributed by atoms with Crippen LogP contribution in [0.2, 0.25) is 5.02 Å². The van der Waals surface area contributed by atoms with Crippen LogP contribution in [0.3, 0.4) is 0 Å². The first kappa shape index (κ1) is 14.8. The molecule has 6 heteroatoms. The largest absolute Gasteiger partial charge is 0.488 e. The number of ether oxygens (including phenoxy) is 2. The van der Waals surface area contributed by atoms with Crippen molar-refractivity contribution in [2.45, 2.75) is 0 Å². The highest BCUT2D eigenvalue weighted by atomic mass is 35.5. The first-order valence-corrected chi connectivity index (χ1v) is 7.72.